The number of halogens is 1. The minimum atomic E-state index is -0.400. The molecule has 0 aliphatic rings. The van der Waals surface area contributed by atoms with Gasteiger partial charge < -0.3 is 10.3 Å². The number of aromatic amines is 1. The second-order valence-electron chi connectivity index (χ2n) is 7.29. The van der Waals surface area contributed by atoms with Gasteiger partial charge in [-0.2, -0.15) is 0 Å². The van der Waals surface area contributed by atoms with Crippen molar-refractivity contribution in [2.45, 2.75) is 13.5 Å². The van der Waals surface area contributed by atoms with Crippen molar-refractivity contribution in [1.82, 2.24) is 25.3 Å². The molecule has 0 saturated carbocycles. The van der Waals surface area contributed by atoms with Gasteiger partial charge in [0.1, 0.15) is 11.5 Å². The van der Waals surface area contributed by atoms with Gasteiger partial charge in [0, 0.05) is 47.8 Å². The van der Waals surface area contributed by atoms with Gasteiger partial charge in [-0.1, -0.05) is 24.3 Å². The van der Waals surface area contributed by atoms with E-state index in [1.807, 2.05) is 42.5 Å². The second-order valence-corrected chi connectivity index (χ2v) is 7.29. The molecule has 1 amide bonds. The fraction of sp³-hybridized carbons (Fsp3) is 0.0833. The number of amides is 1. The fourth-order valence-electron chi connectivity index (χ4n) is 3.70. The Kier molecular flexibility index (Phi) is 4.63. The van der Waals surface area contributed by atoms with Gasteiger partial charge >= 0.3 is 0 Å². The summed E-state index contributed by atoms with van der Waals surface area (Å²) >= 11 is 0. The van der Waals surface area contributed by atoms with Crippen LogP contribution in [0.15, 0.2) is 67.3 Å². The van der Waals surface area contributed by atoms with E-state index in [4.69, 9.17) is 0 Å². The predicted molar refractivity (Wildman–Crippen MR) is 118 cm³/mol. The van der Waals surface area contributed by atoms with Gasteiger partial charge in [0.15, 0.2) is 0 Å². The molecule has 4 aromatic heterocycles. The van der Waals surface area contributed by atoms with Crippen molar-refractivity contribution < 1.29 is 9.18 Å². The number of fused-ring (bicyclic) bond motifs is 3. The van der Waals surface area contributed by atoms with Crippen molar-refractivity contribution in [3.05, 3.63) is 78.6 Å². The van der Waals surface area contributed by atoms with Crippen LogP contribution in [0.4, 0.5) is 4.39 Å². The van der Waals surface area contributed by atoms with E-state index in [1.54, 1.807) is 18.6 Å². The molecule has 0 atom stereocenters. The number of aromatic nitrogens is 4. The lowest BCUT2D eigenvalue weighted by Gasteiger charge is -2.08. The molecule has 1 aromatic carbocycles. The first-order valence-electron chi connectivity index (χ1n) is 9.80. The minimum Gasteiger partial charge on any atom is -0.352 e. The molecule has 0 aliphatic carbocycles. The monoisotopic (exact) mass is 411 g/mol. The molecule has 2 N–H and O–H groups in total. The minimum absolute atomic E-state index is 0.0946. The smallest absolute Gasteiger partial charge is 0.217 e. The quantitative estimate of drug-likeness (QED) is 0.452. The third kappa shape index (κ3) is 3.50. The zero-order valence-electron chi connectivity index (χ0n) is 16.7. The standard InChI is InChI=1S/C24H18FN5O/c1-14(31)27-10-15-4-6-16(7-5-15)22-19(25)12-29-24-23(22)18-9-20(28-13-21(18)30-24)17-3-2-8-26-11-17/h2-9,11-13H,10H2,1H3,(H,27,31)(H,29,30). The normalized spacial score (nSPS) is 11.2. The number of H-pyrrole nitrogens is 1. The molecule has 0 bridgehead atoms. The summed E-state index contributed by atoms with van der Waals surface area (Å²) in [6.07, 6.45) is 6.42. The third-order valence-electron chi connectivity index (χ3n) is 5.20. The number of rotatable bonds is 4. The second kappa shape index (κ2) is 7.60. The number of carbonyl (C=O) groups is 1. The predicted octanol–water partition coefficient (Wildman–Crippen LogP) is 4.62. The highest BCUT2D eigenvalue weighted by Gasteiger charge is 2.17. The average Bonchev–Trinajstić information content (AvgIpc) is 3.16. The van der Waals surface area contributed by atoms with E-state index in [0.717, 1.165) is 33.3 Å². The Morgan fingerprint density at radius 2 is 1.90 bits per heavy atom. The molecule has 152 valence electrons. The molecule has 0 radical (unpaired) electrons. The molecule has 0 unspecified atom stereocenters. The molecular formula is C24H18FN5O. The maximum atomic E-state index is 15.0. The SMILES string of the molecule is CC(=O)NCc1ccc(-c2c(F)cnc3[nH]c4cnc(-c5cccnc5)cc4c23)cc1. The first-order valence-corrected chi connectivity index (χ1v) is 9.80. The Balaban J connectivity index is 1.67. The van der Waals surface area contributed by atoms with Gasteiger partial charge in [0.05, 0.1) is 23.6 Å². The summed E-state index contributed by atoms with van der Waals surface area (Å²) in [5, 5.41) is 4.31. The molecule has 7 heteroatoms. The molecule has 4 heterocycles. The van der Waals surface area contributed by atoms with Gasteiger partial charge in [-0.05, 0) is 29.3 Å². The summed E-state index contributed by atoms with van der Waals surface area (Å²) in [4.78, 5) is 27.3. The zero-order chi connectivity index (χ0) is 21.4. The first kappa shape index (κ1) is 18.9. The maximum Gasteiger partial charge on any atom is 0.217 e. The van der Waals surface area contributed by atoms with Gasteiger partial charge in [-0.15, -0.1) is 0 Å². The molecule has 0 fully saturated rings. The number of carbonyl (C=O) groups excluding carboxylic acids is 1. The van der Waals surface area contributed by atoms with Crippen LogP contribution in [0, 0.1) is 5.82 Å². The van der Waals surface area contributed by atoms with E-state index in [2.05, 4.69) is 25.3 Å². The molecule has 5 aromatic rings. The zero-order valence-corrected chi connectivity index (χ0v) is 16.7. The van der Waals surface area contributed by atoms with Gasteiger partial charge in [0.2, 0.25) is 5.91 Å². The Morgan fingerprint density at radius 1 is 1.06 bits per heavy atom. The topological polar surface area (TPSA) is 83.6 Å². The first-order chi connectivity index (χ1) is 15.1. The maximum absolute atomic E-state index is 15.0. The molecule has 6 nitrogen and oxygen atoms in total. The summed E-state index contributed by atoms with van der Waals surface area (Å²) < 4.78 is 15.0. The van der Waals surface area contributed by atoms with Gasteiger partial charge in [-0.3, -0.25) is 14.8 Å². The van der Waals surface area contributed by atoms with E-state index < -0.39 is 5.82 Å². The summed E-state index contributed by atoms with van der Waals surface area (Å²) in [6, 6.07) is 13.2. The van der Waals surface area contributed by atoms with Gasteiger partial charge in [0.25, 0.3) is 0 Å². The summed E-state index contributed by atoms with van der Waals surface area (Å²) in [6.45, 7) is 1.90. The Labute approximate surface area is 177 Å². The third-order valence-corrected chi connectivity index (χ3v) is 5.20. The number of benzene rings is 1. The Bertz CT molecular complexity index is 1410. The summed E-state index contributed by atoms with van der Waals surface area (Å²) in [5.41, 5.74) is 5.16. The van der Waals surface area contributed by atoms with E-state index in [-0.39, 0.29) is 5.91 Å². The lowest BCUT2D eigenvalue weighted by atomic mass is 9.99. The largest absolute Gasteiger partial charge is 0.352 e. The van der Waals surface area contributed by atoms with Gasteiger partial charge in [-0.25, -0.2) is 9.37 Å². The Morgan fingerprint density at radius 3 is 2.65 bits per heavy atom. The van der Waals surface area contributed by atoms with E-state index in [9.17, 15) is 4.79 Å². The van der Waals surface area contributed by atoms with Crippen molar-refractivity contribution in [3.63, 3.8) is 0 Å². The highest BCUT2D eigenvalue weighted by atomic mass is 19.1. The molecule has 0 spiro atoms. The lowest BCUT2D eigenvalue weighted by molar-refractivity contribution is -0.119. The number of nitrogens with one attached hydrogen (secondary N) is 2. The van der Waals surface area contributed by atoms with Crippen molar-refractivity contribution in [2.24, 2.45) is 0 Å². The van der Waals surface area contributed by atoms with Crippen molar-refractivity contribution >= 4 is 27.8 Å². The van der Waals surface area contributed by atoms with Crippen LogP contribution in [0.25, 0.3) is 44.3 Å². The van der Waals surface area contributed by atoms with Crippen LogP contribution in [0.5, 0.6) is 0 Å². The highest BCUT2D eigenvalue weighted by Crippen LogP contribution is 2.36. The highest BCUT2D eigenvalue weighted by molar-refractivity contribution is 6.13. The van der Waals surface area contributed by atoms with Crippen molar-refractivity contribution in [3.8, 4) is 22.4 Å². The van der Waals surface area contributed by atoms with Crippen LogP contribution in [0.2, 0.25) is 0 Å². The van der Waals surface area contributed by atoms with E-state index in [0.29, 0.717) is 23.1 Å². The lowest BCUT2D eigenvalue weighted by Crippen LogP contribution is -2.18. The summed E-state index contributed by atoms with van der Waals surface area (Å²) in [7, 11) is 0. The number of pyridine rings is 3. The van der Waals surface area contributed by atoms with E-state index >= 15 is 4.39 Å². The van der Waals surface area contributed by atoms with Crippen LogP contribution in [0.3, 0.4) is 0 Å². The molecule has 0 saturated heterocycles. The molecule has 5 rings (SSSR count). The number of hydrogen-bond acceptors (Lipinski definition) is 4. The van der Waals surface area contributed by atoms with E-state index in [1.165, 1.54) is 13.1 Å². The Hall–Kier alpha value is -4.13. The number of hydrogen-bond donors (Lipinski definition) is 2. The molecule has 31 heavy (non-hydrogen) atoms. The number of nitrogens with zero attached hydrogens (tertiary/aromatic N) is 3. The van der Waals surface area contributed by atoms with Crippen molar-refractivity contribution in [2.75, 3.05) is 0 Å². The summed E-state index contributed by atoms with van der Waals surface area (Å²) in [5.74, 6) is -0.495. The van der Waals surface area contributed by atoms with Crippen LogP contribution in [0.1, 0.15) is 12.5 Å². The fourth-order valence-corrected chi connectivity index (χ4v) is 3.70. The van der Waals surface area contributed by atoms with Crippen LogP contribution in [-0.4, -0.2) is 25.8 Å². The van der Waals surface area contributed by atoms with Crippen molar-refractivity contribution in [1.29, 1.82) is 0 Å². The van der Waals surface area contributed by atoms with Crippen LogP contribution >= 0.6 is 0 Å². The molecular weight excluding hydrogens is 393 g/mol. The van der Waals surface area contributed by atoms with Crippen LogP contribution < -0.4 is 5.32 Å². The molecule has 0 aliphatic heterocycles. The van der Waals surface area contributed by atoms with Crippen LogP contribution in [-0.2, 0) is 11.3 Å². The average molecular weight is 411 g/mol.